The number of hydrogen-bond acceptors (Lipinski definition) is 8. The number of methoxy groups -OCH3 is 1. The van der Waals surface area contributed by atoms with Crippen LogP contribution in [0, 0.1) is 20.8 Å². The zero-order valence-electron chi connectivity index (χ0n) is 29.3. The maximum absolute atomic E-state index is 14.3. The van der Waals surface area contributed by atoms with Crippen LogP contribution in [0.5, 0.6) is 17.2 Å². The quantitative estimate of drug-likeness (QED) is 0.121. The largest absolute Gasteiger partial charge is 0.495 e. The van der Waals surface area contributed by atoms with Crippen molar-refractivity contribution in [3.63, 3.8) is 0 Å². The van der Waals surface area contributed by atoms with E-state index in [1.165, 1.54) is 22.9 Å². The van der Waals surface area contributed by atoms with Gasteiger partial charge in [-0.2, -0.15) is 4.98 Å². The van der Waals surface area contributed by atoms with E-state index in [2.05, 4.69) is 59.5 Å². The molecule has 0 aliphatic carbocycles. The van der Waals surface area contributed by atoms with Crippen LogP contribution in [0.1, 0.15) is 53.3 Å². The summed E-state index contributed by atoms with van der Waals surface area (Å²) in [5.41, 5.74) is 8.06. The van der Waals surface area contributed by atoms with E-state index in [-0.39, 0.29) is 5.91 Å². The summed E-state index contributed by atoms with van der Waals surface area (Å²) < 4.78 is 20.6. The second kappa shape index (κ2) is 15.8. The first-order valence-electron chi connectivity index (χ1n) is 16.5. The number of allylic oxidation sites excluding steroid dienone is 1. The zero-order valence-corrected chi connectivity index (χ0v) is 32.4. The summed E-state index contributed by atoms with van der Waals surface area (Å²) in [5, 5.41) is 12.5. The average molecular weight is 789 g/mol. The lowest BCUT2D eigenvalue weighted by atomic mass is 9.94. The van der Waals surface area contributed by atoms with Crippen LogP contribution in [0.15, 0.2) is 93.7 Å². The molecule has 0 saturated carbocycles. The normalized spacial score (nSPS) is 13.8. The minimum atomic E-state index is -0.676. The van der Waals surface area contributed by atoms with Gasteiger partial charge in [0.15, 0.2) is 11.5 Å². The smallest absolute Gasteiger partial charge is 0.255 e. The fourth-order valence-electron chi connectivity index (χ4n) is 5.96. The third-order valence-electron chi connectivity index (χ3n) is 8.72. The van der Waals surface area contributed by atoms with Crippen molar-refractivity contribution in [2.24, 2.45) is 0 Å². The maximum Gasteiger partial charge on any atom is 0.255 e. The molecular formula is C39H39BrClN5O4S. The highest BCUT2D eigenvalue weighted by Crippen LogP contribution is 2.44. The van der Waals surface area contributed by atoms with Crippen molar-refractivity contribution < 1.29 is 19.0 Å². The number of benzene rings is 4. The second-order valence-electron chi connectivity index (χ2n) is 12.2. The molecule has 4 aromatic carbocycles. The zero-order chi connectivity index (χ0) is 36.2. The van der Waals surface area contributed by atoms with Gasteiger partial charge < -0.3 is 24.8 Å². The molecule has 0 spiro atoms. The molecule has 1 aliphatic rings. The van der Waals surface area contributed by atoms with E-state index < -0.39 is 6.04 Å². The summed E-state index contributed by atoms with van der Waals surface area (Å²) in [6, 6.07) is 22.5. The summed E-state index contributed by atoms with van der Waals surface area (Å²) in [4.78, 5) is 19.1. The number of carbonyl (C=O) groups excluding carboxylic acids is 1. The van der Waals surface area contributed by atoms with Crippen LogP contribution in [-0.4, -0.2) is 34.4 Å². The molecule has 1 aromatic heterocycles. The Morgan fingerprint density at radius 3 is 2.47 bits per heavy atom. The molecular weight excluding hydrogens is 750 g/mol. The first-order valence-corrected chi connectivity index (χ1v) is 18.6. The number of anilines is 2. The number of nitrogens with one attached hydrogen (secondary N) is 2. The van der Waals surface area contributed by atoms with Crippen molar-refractivity contribution in [2.45, 2.75) is 58.2 Å². The summed E-state index contributed by atoms with van der Waals surface area (Å²) >= 11 is 11.7. The third-order valence-corrected chi connectivity index (χ3v) is 10.6. The number of aryl methyl sites for hydroxylation is 3. The molecule has 5 aromatic rings. The summed E-state index contributed by atoms with van der Waals surface area (Å²) in [6.07, 6.45) is 0. The number of fused-ring (bicyclic) bond motifs is 1. The van der Waals surface area contributed by atoms with E-state index in [1.807, 2.05) is 62.4 Å². The molecule has 1 amide bonds. The standard InChI is InChI=1S/C39H39BrClN5O4S/c1-7-49-33-19-27(18-29(40)36(33)50-20-28-17-23(3)22(2)16-24(28)4)35-34(37(47)43-31-14-10-11-15-32(31)48-6)25(5)42-38-44-39(45-46(35)38)51-21-26-12-8-9-13-30(26)41/h8-19,35H,7,20-21H2,1-6H3,(H,43,47)(H,42,44,45). The number of rotatable bonds is 12. The van der Waals surface area contributed by atoms with Crippen molar-refractivity contribution in [1.82, 2.24) is 14.8 Å². The molecule has 2 heterocycles. The highest BCUT2D eigenvalue weighted by Gasteiger charge is 2.36. The van der Waals surface area contributed by atoms with Gasteiger partial charge in [0.2, 0.25) is 11.1 Å². The van der Waals surface area contributed by atoms with Crippen LogP contribution in [0.2, 0.25) is 5.02 Å². The fourth-order valence-corrected chi connectivity index (χ4v) is 7.65. The molecule has 0 fully saturated rings. The van der Waals surface area contributed by atoms with Crippen molar-refractivity contribution >= 4 is 56.8 Å². The lowest BCUT2D eigenvalue weighted by Gasteiger charge is -2.29. The molecule has 9 nitrogen and oxygen atoms in total. The van der Waals surface area contributed by atoms with Crippen LogP contribution in [0.3, 0.4) is 0 Å². The minimum absolute atomic E-state index is 0.319. The van der Waals surface area contributed by atoms with Crippen molar-refractivity contribution in [3.8, 4) is 17.2 Å². The van der Waals surface area contributed by atoms with Crippen LogP contribution >= 0.6 is 39.3 Å². The van der Waals surface area contributed by atoms with E-state index in [0.29, 0.717) is 73.8 Å². The number of hydrogen-bond donors (Lipinski definition) is 2. The van der Waals surface area contributed by atoms with E-state index >= 15 is 0 Å². The van der Waals surface area contributed by atoms with Crippen LogP contribution in [0.25, 0.3) is 0 Å². The molecule has 2 N–H and O–H groups in total. The lowest BCUT2D eigenvalue weighted by Crippen LogP contribution is -2.31. The van der Waals surface area contributed by atoms with Gasteiger partial charge in [-0.1, -0.05) is 65.8 Å². The molecule has 1 unspecified atom stereocenters. The monoisotopic (exact) mass is 787 g/mol. The fraction of sp³-hybridized carbons (Fsp3) is 0.256. The van der Waals surface area contributed by atoms with Crippen LogP contribution in [-0.2, 0) is 17.2 Å². The van der Waals surface area contributed by atoms with Gasteiger partial charge in [0.1, 0.15) is 18.4 Å². The number of halogens is 2. The Labute approximate surface area is 315 Å². The van der Waals surface area contributed by atoms with Gasteiger partial charge in [-0.3, -0.25) is 4.79 Å². The maximum atomic E-state index is 14.3. The predicted molar refractivity (Wildman–Crippen MR) is 207 cm³/mol. The summed E-state index contributed by atoms with van der Waals surface area (Å²) in [5.74, 6) is 2.42. The SMILES string of the molecule is CCOc1cc(C2C(C(=O)Nc3ccccc3OC)=C(C)Nc3nc(SCc4ccccc4Cl)nn32)cc(Br)c1OCc1cc(C)c(C)cc1C. The van der Waals surface area contributed by atoms with Crippen molar-refractivity contribution in [2.75, 3.05) is 24.4 Å². The predicted octanol–water partition coefficient (Wildman–Crippen LogP) is 9.83. The molecule has 1 atom stereocenters. The van der Waals surface area contributed by atoms with Gasteiger partial charge in [-0.15, -0.1) is 5.10 Å². The average Bonchev–Trinajstić information content (AvgIpc) is 3.51. The van der Waals surface area contributed by atoms with Crippen LogP contribution in [0.4, 0.5) is 11.6 Å². The van der Waals surface area contributed by atoms with Gasteiger partial charge in [0.05, 0.1) is 29.4 Å². The Hall–Kier alpha value is -4.45. The number of thioether (sulfide) groups is 1. The molecule has 6 rings (SSSR count). The van der Waals surface area contributed by atoms with Crippen LogP contribution < -0.4 is 24.8 Å². The van der Waals surface area contributed by atoms with Gasteiger partial charge in [0, 0.05) is 16.5 Å². The molecule has 264 valence electrons. The second-order valence-corrected chi connectivity index (χ2v) is 14.4. The topological polar surface area (TPSA) is 99.5 Å². The van der Waals surface area contributed by atoms with E-state index in [0.717, 1.165) is 22.3 Å². The summed E-state index contributed by atoms with van der Waals surface area (Å²) in [7, 11) is 1.57. The molecule has 0 saturated heterocycles. The first-order chi connectivity index (χ1) is 24.6. The van der Waals surface area contributed by atoms with Gasteiger partial charge in [-0.25, -0.2) is 4.68 Å². The lowest BCUT2D eigenvalue weighted by molar-refractivity contribution is -0.113. The Kier molecular flexibility index (Phi) is 11.3. The van der Waals surface area contributed by atoms with E-state index in [9.17, 15) is 4.79 Å². The van der Waals surface area contributed by atoms with E-state index in [1.54, 1.807) is 23.9 Å². The molecule has 0 radical (unpaired) electrons. The highest BCUT2D eigenvalue weighted by atomic mass is 79.9. The van der Waals surface area contributed by atoms with E-state index in [4.69, 9.17) is 35.9 Å². The van der Waals surface area contributed by atoms with Crippen molar-refractivity contribution in [3.05, 3.63) is 127 Å². The Morgan fingerprint density at radius 1 is 0.961 bits per heavy atom. The Bertz CT molecular complexity index is 2140. The molecule has 51 heavy (non-hydrogen) atoms. The minimum Gasteiger partial charge on any atom is -0.495 e. The highest BCUT2D eigenvalue weighted by molar-refractivity contribution is 9.10. The number of carbonyl (C=O) groups is 1. The number of amides is 1. The Balaban J connectivity index is 1.40. The Morgan fingerprint density at radius 2 is 1.71 bits per heavy atom. The van der Waals surface area contributed by atoms with Gasteiger partial charge >= 0.3 is 0 Å². The molecule has 1 aliphatic heterocycles. The molecule has 0 bridgehead atoms. The number of para-hydroxylation sites is 2. The number of aromatic nitrogens is 3. The van der Waals surface area contributed by atoms with Crippen molar-refractivity contribution in [1.29, 1.82) is 0 Å². The number of ether oxygens (including phenoxy) is 3. The number of nitrogens with zero attached hydrogens (tertiary/aromatic N) is 3. The van der Waals surface area contributed by atoms with Gasteiger partial charge in [-0.05, 0) is 114 Å². The first kappa shape index (κ1) is 36.3. The van der Waals surface area contributed by atoms with Gasteiger partial charge in [0.25, 0.3) is 5.91 Å². The molecule has 12 heteroatoms. The summed E-state index contributed by atoms with van der Waals surface area (Å²) in [6.45, 7) is 10.9. The third kappa shape index (κ3) is 7.90.